The van der Waals surface area contributed by atoms with E-state index in [-0.39, 0.29) is 6.61 Å². The molecule has 1 saturated carbocycles. The molecule has 2 atom stereocenters. The molecule has 1 aromatic carbocycles. The van der Waals surface area contributed by atoms with Crippen molar-refractivity contribution < 1.29 is 5.11 Å². The van der Waals surface area contributed by atoms with Gasteiger partial charge in [0.15, 0.2) is 0 Å². The van der Waals surface area contributed by atoms with Crippen LogP contribution in [0.25, 0.3) is 0 Å². The summed E-state index contributed by atoms with van der Waals surface area (Å²) in [5, 5.41) is 8.99. The van der Waals surface area contributed by atoms with E-state index in [2.05, 4.69) is 17.0 Å². The van der Waals surface area contributed by atoms with Gasteiger partial charge in [-0.3, -0.25) is 4.90 Å². The van der Waals surface area contributed by atoms with E-state index in [4.69, 9.17) is 5.11 Å². The lowest BCUT2D eigenvalue weighted by atomic mass is 10.1. The number of aliphatic hydroxyl groups is 1. The van der Waals surface area contributed by atoms with Gasteiger partial charge in [-0.1, -0.05) is 24.3 Å². The SMILES string of the molecule is OCc1ccc(CN2CC3CCC2C3)cc1. The molecule has 1 aromatic rings. The zero-order valence-electron chi connectivity index (χ0n) is 9.60. The van der Waals surface area contributed by atoms with E-state index in [0.717, 1.165) is 24.1 Å². The molecule has 2 heteroatoms. The second kappa shape index (κ2) is 4.19. The lowest BCUT2D eigenvalue weighted by molar-refractivity contribution is 0.205. The Morgan fingerprint density at radius 2 is 1.88 bits per heavy atom. The topological polar surface area (TPSA) is 23.5 Å². The molecule has 0 radical (unpaired) electrons. The van der Waals surface area contributed by atoms with Crippen LogP contribution in [0.3, 0.4) is 0 Å². The molecule has 3 rings (SSSR count). The van der Waals surface area contributed by atoms with E-state index < -0.39 is 0 Å². The first-order chi connectivity index (χ1) is 7.85. The molecular weight excluding hydrogens is 198 g/mol. The number of aliphatic hydroxyl groups excluding tert-OH is 1. The van der Waals surface area contributed by atoms with Crippen LogP contribution in [0.4, 0.5) is 0 Å². The predicted octanol–water partition coefficient (Wildman–Crippen LogP) is 2.16. The van der Waals surface area contributed by atoms with E-state index >= 15 is 0 Å². The summed E-state index contributed by atoms with van der Waals surface area (Å²) >= 11 is 0. The average Bonchev–Trinajstić information content (AvgIpc) is 2.92. The van der Waals surface area contributed by atoms with Gasteiger partial charge in [-0.2, -0.15) is 0 Å². The number of hydrogen-bond donors (Lipinski definition) is 1. The van der Waals surface area contributed by atoms with E-state index in [1.54, 1.807) is 0 Å². The Kier molecular flexibility index (Phi) is 2.70. The molecule has 16 heavy (non-hydrogen) atoms. The summed E-state index contributed by atoms with van der Waals surface area (Å²) in [5.41, 5.74) is 2.39. The maximum Gasteiger partial charge on any atom is 0.0681 e. The van der Waals surface area contributed by atoms with Crippen LogP contribution in [-0.2, 0) is 13.2 Å². The highest BCUT2D eigenvalue weighted by Crippen LogP contribution is 2.37. The predicted molar refractivity (Wildman–Crippen MR) is 63.9 cm³/mol. The fourth-order valence-electron chi connectivity index (χ4n) is 3.20. The summed E-state index contributed by atoms with van der Waals surface area (Å²) in [7, 11) is 0. The summed E-state index contributed by atoms with van der Waals surface area (Å²) in [6.45, 7) is 2.54. The highest BCUT2D eigenvalue weighted by molar-refractivity contribution is 5.22. The molecule has 86 valence electrons. The zero-order chi connectivity index (χ0) is 11.0. The van der Waals surface area contributed by atoms with Gasteiger partial charge in [-0.15, -0.1) is 0 Å². The Morgan fingerprint density at radius 3 is 2.44 bits per heavy atom. The summed E-state index contributed by atoms with van der Waals surface area (Å²) in [6, 6.07) is 9.21. The van der Waals surface area contributed by atoms with Gasteiger partial charge in [-0.05, 0) is 36.3 Å². The molecular formula is C14H19NO. The molecule has 1 N–H and O–H groups in total. The van der Waals surface area contributed by atoms with Crippen molar-refractivity contribution in [1.82, 2.24) is 4.90 Å². The molecule has 2 unspecified atom stereocenters. The van der Waals surface area contributed by atoms with Gasteiger partial charge in [0.25, 0.3) is 0 Å². The molecule has 2 nitrogen and oxygen atoms in total. The van der Waals surface area contributed by atoms with Crippen LogP contribution < -0.4 is 0 Å². The smallest absolute Gasteiger partial charge is 0.0681 e. The third-order valence-electron chi connectivity index (χ3n) is 4.11. The van der Waals surface area contributed by atoms with E-state index in [1.165, 1.54) is 31.4 Å². The van der Waals surface area contributed by atoms with Crippen molar-refractivity contribution in [3.63, 3.8) is 0 Å². The first kappa shape index (κ1) is 10.3. The van der Waals surface area contributed by atoms with Gasteiger partial charge >= 0.3 is 0 Å². The lowest BCUT2D eigenvalue weighted by Gasteiger charge is -2.26. The number of fused-ring (bicyclic) bond motifs is 2. The monoisotopic (exact) mass is 217 g/mol. The largest absolute Gasteiger partial charge is 0.392 e. The fourth-order valence-corrected chi connectivity index (χ4v) is 3.20. The summed E-state index contributed by atoms with van der Waals surface area (Å²) in [5.74, 6) is 0.974. The molecule has 1 saturated heterocycles. The average molecular weight is 217 g/mol. The number of hydrogen-bond acceptors (Lipinski definition) is 2. The van der Waals surface area contributed by atoms with Crippen molar-refractivity contribution in [3.05, 3.63) is 35.4 Å². The van der Waals surface area contributed by atoms with Crippen LogP contribution in [0.2, 0.25) is 0 Å². The maximum atomic E-state index is 8.99. The van der Waals surface area contributed by atoms with Crippen LogP contribution in [0.15, 0.2) is 24.3 Å². The van der Waals surface area contributed by atoms with Crippen molar-refractivity contribution in [1.29, 1.82) is 0 Å². The van der Waals surface area contributed by atoms with E-state index in [1.807, 2.05) is 12.1 Å². The Balaban J connectivity index is 1.65. The van der Waals surface area contributed by atoms with Crippen molar-refractivity contribution in [3.8, 4) is 0 Å². The van der Waals surface area contributed by atoms with Gasteiger partial charge in [0.05, 0.1) is 6.61 Å². The Labute approximate surface area is 96.9 Å². The summed E-state index contributed by atoms with van der Waals surface area (Å²) in [4.78, 5) is 2.63. The minimum atomic E-state index is 0.148. The maximum absolute atomic E-state index is 8.99. The second-order valence-corrected chi connectivity index (χ2v) is 5.24. The second-order valence-electron chi connectivity index (χ2n) is 5.24. The van der Waals surface area contributed by atoms with Gasteiger partial charge in [-0.25, -0.2) is 0 Å². The van der Waals surface area contributed by atoms with Crippen LogP contribution >= 0.6 is 0 Å². The van der Waals surface area contributed by atoms with Crippen molar-refractivity contribution in [2.75, 3.05) is 6.54 Å². The summed E-state index contributed by atoms with van der Waals surface area (Å²) < 4.78 is 0. The fraction of sp³-hybridized carbons (Fsp3) is 0.571. The minimum absolute atomic E-state index is 0.148. The molecule has 0 spiro atoms. The number of benzene rings is 1. The standard InChI is InChI=1S/C14H19NO/c16-10-12-3-1-11(2-4-12)8-15-9-13-5-6-14(15)7-13/h1-4,13-14,16H,5-10H2. The van der Waals surface area contributed by atoms with Gasteiger partial charge in [0, 0.05) is 19.1 Å². The number of likely N-dealkylation sites (tertiary alicyclic amines) is 1. The minimum Gasteiger partial charge on any atom is -0.392 e. The van der Waals surface area contributed by atoms with E-state index in [0.29, 0.717) is 0 Å². The molecule has 0 amide bonds. The van der Waals surface area contributed by atoms with Crippen molar-refractivity contribution >= 4 is 0 Å². The van der Waals surface area contributed by atoms with Crippen molar-refractivity contribution in [2.45, 2.75) is 38.5 Å². The van der Waals surface area contributed by atoms with Crippen LogP contribution in [0.5, 0.6) is 0 Å². The van der Waals surface area contributed by atoms with Gasteiger partial charge < -0.3 is 5.11 Å². The third kappa shape index (κ3) is 1.87. The van der Waals surface area contributed by atoms with Crippen molar-refractivity contribution in [2.24, 2.45) is 5.92 Å². The summed E-state index contributed by atoms with van der Waals surface area (Å²) in [6.07, 6.45) is 4.28. The van der Waals surface area contributed by atoms with Gasteiger partial charge in [0.1, 0.15) is 0 Å². The Bertz CT molecular complexity index is 360. The molecule has 1 aliphatic heterocycles. The van der Waals surface area contributed by atoms with Crippen LogP contribution in [-0.4, -0.2) is 22.6 Å². The first-order valence-electron chi connectivity index (χ1n) is 6.28. The number of piperidine rings is 1. The highest BCUT2D eigenvalue weighted by Gasteiger charge is 2.37. The Hall–Kier alpha value is -0.860. The number of rotatable bonds is 3. The van der Waals surface area contributed by atoms with Gasteiger partial charge in [0.2, 0.25) is 0 Å². The van der Waals surface area contributed by atoms with Crippen LogP contribution in [0.1, 0.15) is 30.4 Å². The van der Waals surface area contributed by atoms with Crippen LogP contribution in [0, 0.1) is 5.92 Å². The molecule has 1 aliphatic carbocycles. The Morgan fingerprint density at radius 1 is 1.12 bits per heavy atom. The lowest BCUT2D eigenvalue weighted by Crippen LogP contribution is -2.31. The molecule has 0 aromatic heterocycles. The molecule has 1 heterocycles. The zero-order valence-corrected chi connectivity index (χ0v) is 9.60. The quantitative estimate of drug-likeness (QED) is 0.838. The molecule has 2 fully saturated rings. The third-order valence-corrected chi connectivity index (χ3v) is 4.11. The number of nitrogens with zero attached hydrogens (tertiary/aromatic N) is 1. The van der Waals surface area contributed by atoms with E-state index in [9.17, 15) is 0 Å². The normalized spacial score (nSPS) is 28.8. The molecule has 2 bridgehead atoms. The first-order valence-corrected chi connectivity index (χ1v) is 6.28. The highest BCUT2D eigenvalue weighted by atomic mass is 16.3. The molecule has 2 aliphatic rings.